The Morgan fingerprint density at radius 3 is 2.90 bits per heavy atom. The summed E-state index contributed by atoms with van der Waals surface area (Å²) in [6.07, 6.45) is 4.09. The van der Waals surface area contributed by atoms with Gasteiger partial charge in [-0.25, -0.2) is 4.98 Å². The van der Waals surface area contributed by atoms with E-state index in [4.69, 9.17) is 4.74 Å². The van der Waals surface area contributed by atoms with Crippen molar-refractivity contribution in [3.63, 3.8) is 0 Å². The van der Waals surface area contributed by atoms with E-state index in [-0.39, 0.29) is 18.6 Å². The summed E-state index contributed by atoms with van der Waals surface area (Å²) in [7, 11) is 0. The largest absolute Gasteiger partial charge is 0.491 e. The van der Waals surface area contributed by atoms with E-state index in [1.54, 1.807) is 4.90 Å². The predicted octanol–water partition coefficient (Wildman–Crippen LogP) is 2.25. The number of amides is 1. The van der Waals surface area contributed by atoms with Gasteiger partial charge in [0.05, 0.1) is 18.7 Å². The van der Waals surface area contributed by atoms with Crippen molar-refractivity contribution in [1.82, 2.24) is 19.8 Å². The van der Waals surface area contributed by atoms with E-state index in [1.807, 2.05) is 24.6 Å². The van der Waals surface area contributed by atoms with Gasteiger partial charge >= 0.3 is 0 Å². The van der Waals surface area contributed by atoms with Crippen molar-refractivity contribution in [2.24, 2.45) is 0 Å². The lowest BCUT2D eigenvalue weighted by molar-refractivity contribution is 0.0660. The van der Waals surface area contributed by atoms with Crippen molar-refractivity contribution in [1.29, 1.82) is 0 Å². The van der Waals surface area contributed by atoms with Crippen LogP contribution in [0.4, 0.5) is 0 Å². The summed E-state index contributed by atoms with van der Waals surface area (Å²) in [6, 6.07) is 6.41. The first kappa shape index (κ1) is 19.9. The van der Waals surface area contributed by atoms with Crippen LogP contribution in [0.3, 0.4) is 0 Å². The van der Waals surface area contributed by atoms with E-state index in [1.165, 1.54) is 5.56 Å². The summed E-state index contributed by atoms with van der Waals surface area (Å²) in [4.78, 5) is 19.3. The van der Waals surface area contributed by atoms with Crippen LogP contribution in [0.25, 0.3) is 11.4 Å². The van der Waals surface area contributed by atoms with Crippen LogP contribution in [0.15, 0.2) is 24.4 Å². The van der Waals surface area contributed by atoms with E-state index in [2.05, 4.69) is 28.5 Å². The van der Waals surface area contributed by atoms with Gasteiger partial charge in [0.2, 0.25) is 0 Å². The number of carbonyl (C=O) groups excluding carboxylic acids is 1. The number of hydrogen-bond donors (Lipinski definition) is 2. The van der Waals surface area contributed by atoms with Crippen LogP contribution in [0.2, 0.25) is 0 Å². The SMILES string of the molecule is CC(C)N(CCO)C(=O)c1cn2c(n1)-c1ccc(C3CCNCC3)cc1OCC2. The van der Waals surface area contributed by atoms with Crippen molar-refractivity contribution in [2.75, 3.05) is 32.8 Å². The number of aliphatic hydroxyl groups is 1. The summed E-state index contributed by atoms with van der Waals surface area (Å²) in [5, 5.41) is 12.7. The molecule has 1 fully saturated rings. The van der Waals surface area contributed by atoms with Gasteiger partial charge in [-0.15, -0.1) is 0 Å². The number of nitrogens with zero attached hydrogens (tertiary/aromatic N) is 3. The molecule has 1 saturated heterocycles. The smallest absolute Gasteiger partial charge is 0.274 e. The maximum absolute atomic E-state index is 13.0. The van der Waals surface area contributed by atoms with Gasteiger partial charge in [0.1, 0.15) is 23.9 Å². The Morgan fingerprint density at radius 2 is 2.17 bits per heavy atom. The van der Waals surface area contributed by atoms with Gasteiger partial charge in [-0.3, -0.25) is 4.79 Å². The molecule has 3 heterocycles. The van der Waals surface area contributed by atoms with Gasteiger partial charge < -0.3 is 24.6 Å². The number of aliphatic hydroxyl groups excluding tert-OH is 1. The first-order valence-electron chi connectivity index (χ1n) is 10.6. The van der Waals surface area contributed by atoms with E-state index in [9.17, 15) is 9.90 Å². The van der Waals surface area contributed by atoms with E-state index >= 15 is 0 Å². The number of rotatable bonds is 5. The van der Waals surface area contributed by atoms with Gasteiger partial charge in [-0.2, -0.15) is 0 Å². The molecule has 0 radical (unpaired) electrons. The fourth-order valence-electron chi connectivity index (χ4n) is 4.26. The zero-order valence-corrected chi connectivity index (χ0v) is 17.2. The fraction of sp³-hybridized carbons (Fsp3) is 0.545. The molecule has 0 unspecified atom stereocenters. The molecule has 2 aromatic rings. The first-order valence-corrected chi connectivity index (χ1v) is 10.6. The monoisotopic (exact) mass is 398 g/mol. The second kappa shape index (κ2) is 8.55. The van der Waals surface area contributed by atoms with E-state index < -0.39 is 0 Å². The lowest BCUT2D eigenvalue weighted by Crippen LogP contribution is -2.39. The third kappa shape index (κ3) is 4.02. The topological polar surface area (TPSA) is 79.6 Å². The molecule has 0 bridgehead atoms. The molecule has 7 heteroatoms. The van der Waals surface area contributed by atoms with Crippen molar-refractivity contribution in [2.45, 2.75) is 45.2 Å². The molecule has 156 valence electrons. The average molecular weight is 399 g/mol. The van der Waals surface area contributed by atoms with Crippen LogP contribution in [-0.2, 0) is 6.54 Å². The summed E-state index contributed by atoms with van der Waals surface area (Å²) >= 11 is 0. The first-order chi connectivity index (χ1) is 14.1. The maximum Gasteiger partial charge on any atom is 0.274 e. The average Bonchev–Trinajstić information content (AvgIpc) is 3.08. The van der Waals surface area contributed by atoms with Crippen molar-refractivity contribution >= 4 is 5.91 Å². The Hall–Kier alpha value is -2.38. The quantitative estimate of drug-likeness (QED) is 0.808. The van der Waals surface area contributed by atoms with Gasteiger partial charge in [0, 0.05) is 18.8 Å². The Balaban J connectivity index is 1.65. The number of ether oxygens (including phenoxy) is 1. The van der Waals surface area contributed by atoms with Crippen molar-refractivity contribution in [3.05, 3.63) is 35.7 Å². The number of nitrogens with one attached hydrogen (secondary N) is 1. The highest BCUT2D eigenvalue weighted by Gasteiger charge is 2.26. The van der Waals surface area contributed by atoms with E-state index in [0.717, 1.165) is 43.1 Å². The molecular weight excluding hydrogens is 368 g/mol. The van der Waals surface area contributed by atoms with E-state index in [0.29, 0.717) is 31.3 Å². The predicted molar refractivity (Wildman–Crippen MR) is 111 cm³/mol. The molecule has 2 N–H and O–H groups in total. The molecule has 29 heavy (non-hydrogen) atoms. The second-order valence-electron chi connectivity index (χ2n) is 8.09. The molecule has 1 amide bonds. The molecular formula is C22H30N4O3. The lowest BCUT2D eigenvalue weighted by atomic mass is 9.89. The van der Waals surface area contributed by atoms with Crippen LogP contribution in [0.5, 0.6) is 5.75 Å². The Bertz CT molecular complexity index is 871. The number of imidazole rings is 1. The van der Waals surface area contributed by atoms with Crippen molar-refractivity contribution < 1.29 is 14.6 Å². The number of piperidine rings is 1. The number of carbonyl (C=O) groups is 1. The lowest BCUT2D eigenvalue weighted by Gasteiger charge is -2.25. The van der Waals surface area contributed by atoms with Crippen molar-refractivity contribution in [3.8, 4) is 17.1 Å². The fourth-order valence-corrected chi connectivity index (χ4v) is 4.26. The summed E-state index contributed by atoms with van der Waals surface area (Å²) < 4.78 is 8.04. The molecule has 2 aliphatic rings. The standard InChI is InChI=1S/C22H30N4O3/c1-15(2)26(9-11-27)22(28)19-14-25-10-12-29-20-13-17(16-5-7-23-8-6-16)3-4-18(20)21(25)24-19/h3-4,13-16,23,27H,5-12H2,1-2H3. The highest BCUT2D eigenvalue weighted by atomic mass is 16.5. The normalized spacial score (nSPS) is 16.7. The Kier molecular flexibility index (Phi) is 5.87. The van der Waals surface area contributed by atoms with Gasteiger partial charge in [0.15, 0.2) is 0 Å². The maximum atomic E-state index is 13.0. The minimum atomic E-state index is -0.150. The molecule has 7 nitrogen and oxygen atoms in total. The highest BCUT2D eigenvalue weighted by molar-refractivity contribution is 5.93. The highest BCUT2D eigenvalue weighted by Crippen LogP contribution is 2.36. The minimum Gasteiger partial charge on any atom is -0.491 e. The summed E-state index contributed by atoms with van der Waals surface area (Å²) in [5.74, 6) is 2.03. The molecule has 0 spiro atoms. The molecule has 1 aromatic carbocycles. The number of aromatic nitrogens is 2. The number of fused-ring (bicyclic) bond motifs is 3. The van der Waals surface area contributed by atoms with Crippen LogP contribution in [0.1, 0.15) is 48.7 Å². The number of hydrogen-bond acceptors (Lipinski definition) is 5. The molecule has 0 aliphatic carbocycles. The van der Waals surface area contributed by atoms with Gasteiger partial charge in [0.25, 0.3) is 5.91 Å². The Labute approximate surface area is 171 Å². The van der Waals surface area contributed by atoms with Crippen LogP contribution in [0, 0.1) is 0 Å². The second-order valence-corrected chi connectivity index (χ2v) is 8.09. The van der Waals surface area contributed by atoms with Crippen LogP contribution < -0.4 is 10.1 Å². The van der Waals surface area contributed by atoms with Gasteiger partial charge in [-0.05, 0) is 63.4 Å². The molecule has 0 atom stereocenters. The third-order valence-corrected chi connectivity index (χ3v) is 5.87. The molecule has 1 aromatic heterocycles. The summed E-state index contributed by atoms with van der Waals surface area (Å²) in [5.41, 5.74) is 2.66. The minimum absolute atomic E-state index is 0.000633. The molecule has 0 saturated carbocycles. The van der Waals surface area contributed by atoms with Crippen LogP contribution in [-0.4, -0.2) is 64.4 Å². The number of benzene rings is 1. The zero-order valence-electron chi connectivity index (χ0n) is 17.2. The molecule has 4 rings (SSSR count). The third-order valence-electron chi connectivity index (χ3n) is 5.87. The Morgan fingerprint density at radius 1 is 1.38 bits per heavy atom. The van der Waals surface area contributed by atoms with Crippen LogP contribution >= 0.6 is 0 Å². The summed E-state index contributed by atoms with van der Waals surface area (Å²) in [6.45, 7) is 7.43. The molecule has 2 aliphatic heterocycles. The zero-order chi connectivity index (χ0) is 20.4. The van der Waals surface area contributed by atoms with Gasteiger partial charge in [-0.1, -0.05) is 6.07 Å².